The second-order valence-corrected chi connectivity index (χ2v) is 2.20. The van der Waals surface area contributed by atoms with Crippen molar-refractivity contribution in [3.8, 4) is 18.0 Å². The summed E-state index contributed by atoms with van der Waals surface area (Å²) in [6.07, 6.45) is 2.36. The first-order valence-electron chi connectivity index (χ1n) is 3.35. The third kappa shape index (κ3) is 1.32. The standard InChI is InChI=1S/C7H9N3O2/c1-4-5-12-6-8-10(3)7(11)9(6)2/h1-3H3. The van der Waals surface area contributed by atoms with Crippen LogP contribution in [-0.2, 0) is 14.1 Å². The van der Waals surface area contributed by atoms with Crippen molar-refractivity contribution in [3.05, 3.63) is 10.5 Å². The van der Waals surface area contributed by atoms with Crippen molar-refractivity contribution >= 4 is 0 Å². The maximum absolute atomic E-state index is 11.1. The lowest BCUT2D eigenvalue weighted by atomic mass is 10.8. The predicted molar refractivity (Wildman–Crippen MR) is 42.5 cm³/mol. The predicted octanol–water partition coefficient (Wildman–Crippen LogP) is -0.522. The fraction of sp³-hybridized carbons (Fsp3) is 0.429. The highest BCUT2D eigenvalue weighted by molar-refractivity contribution is 4.99. The van der Waals surface area contributed by atoms with E-state index in [1.807, 2.05) is 0 Å². The number of aryl methyl sites for hydroxylation is 1. The van der Waals surface area contributed by atoms with Crippen LogP contribution in [0.3, 0.4) is 0 Å². The van der Waals surface area contributed by atoms with E-state index in [-0.39, 0.29) is 11.7 Å². The molecule has 5 heteroatoms. The molecule has 0 unspecified atom stereocenters. The first kappa shape index (κ1) is 8.40. The van der Waals surface area contributed by atoms with Crippen molar-refractivity contribution in [2.24, 2.45) is 14.1 Å². The molecule has 0 aromatic carbocycles. The van der Waals surface area contributed by atoms with Crippen LogP contribution in [0.1, 0.15) is 6.92 Å². The molecule has 0 aliphatic rings. The van der Waals surface area contributed by atoms with E-state index in [1.165, 1.54) is 9.25 Å². The molecular formula is C7H9N3O2. The molecule has 0 saturated heterocycles. The van der Waals surface area contributed by atoms with E-state index in [0.29, 0.717) is 0 Å². The Balaban J connectivity index is 3.07. The van der Waals surface area contributed by atoms with Gasteiger partial charge < -0.3 is 4.74 Å². The molecule has 12 heavy (non-hydrogen) atoms. The summed E-state index contributed by atoms with van der Waals surface area (Å²) in [5, 5.41) is 3.79. The van der Waals surface area contributed by atoms with Gasteiger partial charge in [-0.1, -0.05) is 5.92 Å². The largest absolute Gasteiger partial charge is 0.370 e. The molecule has 1 rings (SSSR count). The van der Waals surface area contributed by atoms with Crippen molar-refractivity contribution in [1.29, 1.82) is 0 Å². The Kier molecular flexibility index (Phi) is 2.19. The van der Waals surface area contributed by atoms with Gasteiger partial charge in [-0.25, -0.2) is 14.0 Å². The Morgan fingerprint density at radius 3 is 2.58 bits per heavy atom. The highest BCUT2D eigenvalue weighted by Crippen LogP contribution is 1.97. The fourth-order valence-electron chi connectivity index (χ4n) is 0.723. The van der Waals surface area contributed by atoms with Crippen LogP contribution in [0.2, 0.25) is 0 Å². The number of hydrogen-bond acceptors (Lipinski definition) is 3. The molecule has 0 N–H and O–H groups in total. The molecule has 0 aliphatic heterocycles. The smallest absolute Gasteiger partial charge is 0.348 e. The summed E-state index contributed by atoms with van der Waals surface area (Å²) in [5.74, 6) is 2.54. The summed E-state index contributed by atoms with van der Waals surface area (Å²) in [6.45, 7) is 1.64. The first-order chi connectivity index (χ1) is 5.66. The summed E-state index contributed by atoms with van der Waals surface area (Å²) in [6, 6.07) is 0.205. The van der Waals surface area contributed by atoms with Gasteiger partial charge in [0.1, 0.15) is 6.11 Å². The average Bonchev–Trinajstić information content (AvgIpc) is 2.30. The minimum atomic E-state index is -0.233. The summed E-state index contributed by atoms with van der Waals surface area (Å²) in [5.41, 5.74) is -0.233. The van der Waals surface area contributed by atoms with Crippen LogP contribution >= 0.6 is 0 Å². The van der Waals surface area contributed by atoms with Crippen LogP contribution in [0.5, 0.6) is 6.01 Å². The van der Waals surface area contributed by atoms with Gasteiger partial charge in [0.05, 0.1) is 0 Å². The minimum Gasteiger partial charge on any atom is -0.370 e. The molecule has 1 aromatic heterocycles. The van der Waals surface area contributed by atoms with Crippen LogP contribution in [0.25, 0.3) is 0 Å². The van der Waals surface area contributed by atoms with Crippen LogP contribution in [0.15, 0.2) is 4.79 Å². The molecule has 0 amide bonds. The van der Waals surface area contributed by atoms with Crippen molar-refractivity contribution in [2.75, 3.05) is 0 Å². The van der Waals surface area contributed by atoms with Gasteiger partial charge in [-0.15, -0.1) is 5.10 Å². The number of hydrogen-bond donors (Lipinski definition) is 0. The van der Waals surface area contributed by atoms with Gasteiger partial charge in [0.25, 0.3) is 0 Å². The van der Waals surface area contributed by atoms with Gasteiger partial charge in [0.15, 0.2) is 0 Å². The number of aromatic nitrogens is 3. The van der Waals surface area contributed by atoms with Crippen molar-refractivity contribution in [2.45, 2.75) is 6.92 Å². The quantitative estimate of drug-likeness (QED) is 0.529. The Bertz CT molecular complexity index is 391. The van der Waals surface area contributed by atoms with Gasteiger partial charge in [0.2, 0.25) is 0 Å². The molecule has 0 aliphatic carbocycles. The van der Waals surface area contributed by atoms with Gasteiger partial charge in [0, 0.05) is 21.0 Å². The average molecular weight is 167 g/mol. The van der Waals surface area contributed by atoms with E-state index in [0.717, 1.165) is 0 Å². The summed E-state index contributed by atoms with van der Waals surface area (Å²) >= 11 is 0. The lowest BCUT2D eigenvalue weighted by Crippen LogP contribution is -2.20. The Morgan fingerprint density at radius 2 is 2.17 bits per heavy atom. The third-order valence-corrected chi connectivity index (χ3v) is 1.33. The molecule has 64 valence electrons. The van der Waals surface area contributed by atoms with Gasteiger partial charge in [-0.05, 0) is 0 Å². The Hall–Kier alpha value is -1.70. The van der Waals surface area contributed by atoms with E-state index < -0.39 is 0 Å². The second-order valence-electron chi connectivity index (χ2n) is 2.20. The van der Waals surface area contributed by atoms with Crippen molar-refractivity contribution < 1.29 is 4.74 Å². The maximum Gasteiger partial charge on any atom is 0.348 e. The second kappa shape index (κ2) is 3.13. The zero-order valence-corrected chi connectivity index (χ0v) is 7.16. The van der Waals surface area contributed by atoms with Crippen LogP contribution in [0, 0.1) is 12.0 Å². The van der Waals surface area contributed by atoms with Crippen LogP contribution < -0.4 is 10.4 Å². The van der Waals surface area contributed by atoms with Gasteiger partial charge >= 0.3 is 11.7 Å². The lowest BCUT2D eigenvalue weighted by Gasteiger charge is -1.90. The van der Waals surface area contributed by atoms with E-state index in [2.05, 4.69) is 17.1 Å². The van der Waals surface area contributed by atoms with Crippen LogP contribution in [-0.4, -0.2) is 14.3 Å². The SMILES string of the molecule is CC#COc1nn(C)c(=O)n1C. The third-order valence-electron chi connectivity index (χ3n) is 1.33. The highest BCUT2D eigenvalue weighted by atomic mass is 16.5. The number of nitrogens with zero attached hydrogens (tertiary/aromatic N) is 3. The van der Waals surface area contributed by atoms with Crippen LogP contribution in [0.4, 0.5) is 0 Å². The molecule has 0 radical (unpaired) electrons. The Morgan fingerprint density at radius 1 is 1.50 bits per heavy atom. The summed E-state index contributed by atoms with van der Waals surface area (Å²) < 4.78 is 7.33. The molecule has 0 spiro atoms. The lowest BCUT2D eigenvalue weighted by molar-refractivity contribution is 0.447. The topological polar surface area (TPSA) is 49.1 Å². The van der Waals surface area contributed by atoms with Crippen molar-refractivity contribution in [1.82, 2.24) is 14.3 Å². The summed E-state index contributed by atoms with van der Waals surface area (Å²) in [4.78, 5) is 11.1. The number of ether oxygens (including phenoxy) is 1. The van der Waals surface area contributed by atoms with E-state index in [1.54, 1.807) is 21.0 Å². The molecule has 5 nitrogen and oxygen atoms in total. The molecule has 0 saturated carbocycles. The maximum atomic E-state index is 11.1. The first-order valence-corrected chi connectivity index (χ1v) is 3.35. The van der Waals surface area contributed by atoms with Crippen molar-refractivity contribution in [3.63, 3.8) is 0 Å². The van der Waals surface area contributed by atoms with E-state index in [9.17, 15) is 4.79 Å². The highest BCUT2D eigenvalue weighted by Gasteiger charge is 2.06. The van der Waals surface area contributed by atoms with Gasteiger partial charge in [-0.2, -0.15) is 0 Å². The molecular weight excluding hydrogens is 158 g/mol. The molecule has 1 aromatic rings. The molecule has 0 bridgehead atoms. The molecule has 1 heterocycles. The Labute approximate surface area is 69.6 Å². The number of rotatable bonds is 1. The summed E-state index contributed by atoms with van der Waals surface area (Å²) in [7, 11) is 3.12. The normalized spacial score (nSPS) is 8.92. The zero-order chi connectivity index (χ0) is 9.14. The monoisotopic (exact) mass is 167 g/mol. The van der Waals surface area contributed by atoms with Gasteiger partial charge in [-0.3, -0.25) is 0 Å². The van der Waals surface area contributed by atoms with E-state index in [4.69, 9.17) is 4.74 Å². The fourth-order valence-corrected chi connectivity index (χ4v) is 0.723. The molecule has 0 atom stereocenters. The van der Waals surface area contributed by atoms with E-state index >= 15 is 0 Å². The minimum absolute atomic E-state index is 0.205. The molecule has 0 fully saturated rings. The zero-order valence-electron chi connectivity index (χ0n) is 7.16.